The molecule has 106 valence electrons. The molecule has 0 aromatic carbocycles. The van der Waals surface area contributed by atoms with Gasteiger partial charge in [-0.2, -0.15) is 5.10 Å². The Bertz CT molecular complexity index is 626. The van der Waals surface area contributed by atoms with Gasteiger partial charge in [-0.3, -0.25) is 9.48 Å². The summed E-state index contributed by atoms with van der Waals surface area (Å²) in [7, 11) is 0. The first-order valence-electron chi connectivity index (χ1n) is 6.96. The van der Waals surface area contributed by atoms with Crippen molar-refractivity contribution in [3.05, 3.63) is 38.8 Å². The lowest BCUT2D eigenvalue weighted by Crippen LogP contribution is -2.07. The molecule has 3 nitrogen and oxygen atoms in total. The topological polar surface area (TPSA) is 34.9 Å². The first kappa shape index (κ1) is 13.8. The number of hydrogen-bond acceptors (Lipinski definition) is 3. The number of hydrogen-bond donors (Lipinski definition) is 0. The van der Waals surface area contributed by atoms with Gasteiger partial charge in [0, 0.05) is 6.20 Å². The molecule has 0 N–H and O–H groups in total. The van der Waals surface area contributed by atoms with Crippen LogP contribution in [0.25, 0.3) is 0 Å². The molecule has 1 aliphatic rings. The molecule has 2 aromatic heterocycles. The van der Waals surface area contributed by atoms with Gasteiger partial charge in [0.25, 0.3) is 0 Å². The Hall–Kier alpha value is -1.13. The Labute approximate surface area is 127 Å². The van der Waals surface area contributed by atoms with Crippen LogP contribution in [0.1, 0.15) is 52.7 Å². The number of Topliss-reactive ketones (excluding diaryl/α,β-unsaturated/α-hetero) is 1. The van der Waals surface area contributed by atoms with E-state index < -0.39 is 0 Å². The predicted octanol–water partition coefficient (Wildman–Crippen LogP) is 4.45. The molecule has 3 rings (SSSR count). The molecule has 1 saturated carbocycles. The highest BCUT2D eigenvalue weighted by Gasteiger charge is 2.19. The normalized spacial score (nSPS) is 15.9. The van der Waals surface area contributed by atoms with Gasteiger partial charge in [-0.05, 0) is 36.8 Å². The lowest BCUT2D eigenvalue weighted by Gasteiger charge is -2.08. The molecule has 0 bridgehead atoms. The fourth-order valence-corrected chi connectivity index (χ4v) is 3.95. The quantitative estimate of drug-likeness (QED) is 0.782. The summed E-state index contributed by atoms with van der Waals surface area (Å²) in [6.45, 7) is 1.92. The van der Waals surface area contributed by atoms with Gasteiger partial charge in [-0.15, -0.1) is 11.3 Å². The molecular formula is C15H17ClN2OS. The molecule has 0 spiro atoms. The van der Waals surface area contributed by atoms with E-state index in [2.05, 4.69) is 5.10 Å². The zero-order valence-electron chi connectivity index (χ0n) is 11.4. The van der Waals surface area contributed by atoms with Gasteiger partial charge in [0.1, 0.15) is 0 Å². The van der Waals surface area contributed by atoms with Gasteiger partial charge < -0.3 is 0 Å². The summed E-state index contributed by atoms with van der Waals surface area (Å²) in [6.07, 6.45) is 7.29. The fourth-order valence-electron chi connectivity index (χ4n) is 2.71. The molecule has 2 aromatic rings. The summed E-state index contributed by atoms with van der Waals surface area (Å²) >= 11 is 7.56. The van der Waals surface area contributed by atoms with Crippen molar-refractivity contribution in [2.75, 3.05) is 0 Å². The van der Waals surface area contributed by atoms with E-state index in [4.69, 9.17) is 11.6 Å². The van der Waals surface area contributed by atoms with E-state index in [0.717, 1.165) is 11.3 Å². The fraction of sp³-hybridized carbons (Fsp3) is 0.467. The van der Waals surface area contributed by atoms with Crippen molar-refractivity contribution < 1.29 is 4.79 Å². The zero-order chi connectivity index (χ0) is 14.1. The average molecular weight is 309 g/mol. The molecule has 1 fully saturated rings. The minimum absolute atomic E-state index is 0.0600. The number of thiophene rings is 1. The van der Waals surface area contributed by atoms with Gasteiger partial charge in [0.15, 0.2) is 5.78 Å². The number of nitrogens with zero attached hydrogens (tertiary/aromatic N) is 2. The Morgan fingerprint density at radius 3 is 2.90 bits per heavy atom. The average Bonchev–Trinajstić information content (AvgIpc) is 3.12. The number of halogens is 1. The van der Waals surface area contributed by atoms with E-state index >= 15 is 0 Å². The highest BCUT2D eigenvalue weighted by molar-refractivity contribution is 7.13. The molecule has 0 radical (unpaired) electrons. The van der Waals surface area contributed by atoms with Crippen molar-refractivity contribution in [2.24, 2.45) is 0 Å². The van der Waals surface area contributed by atoms with Crippen molar-refractivity contribution in [3.8, 4) is 0 Å². The van der Waals surface area contributed by atoms with Gasteiger partial charge in [0.2, 0.25) is 0 Å². The second-order valence-electron chi connectivity index (χ2n) is 5.39. The van der Waals surface area contributed by atoms with Crippen molar-refractivity contribution >= 4 is 28.7 Å². The maximum atomic E-state index is 12.3. The maximum absolute atomic E-state index is 12.3. The van der Waals surface area contributed by atoms with Crippen LogP contribution < -0.4 is 0 Å². The van der Waals surface area contributed by atoms with Gasteiger partial charge >= 0.3 is 0 Å². The van der Waals surface area contributed by atoms with E-state index in [1.54, 1.807) is 0 Å². The third-order valence-corrected chi connectivity index (χ3v) is 5.59. The largest absolute Gasteiger partial charge is 0.293 e. The highest BCUT2D eigenvalue weighted by atomic mass is 35.5. The number of carbonyl (C=O) groups excluding carboxylic acids is 1. The summed E-state index contributed by atoms with van der Waals surface area (Å²) in [5.41, 5.74) is 1.81. The first-order chi connectivity index (χ1) is 9.65. The van der Waals surface area contributed by atoms with Crippen LogP contribution >= 0.6 is 22.9 Å². The SMILES string of the molecule is Cc1csc(C(=O)Cc2ccn(C3CCCC3)n2)c1Cl. The van der Waals surface area contributed by atoms with Crippen LogP contribution in [0.4, 0.5) is 0 Å². The molecule has 1 aliphatic carbocycles. The summed E-state index contributed by atoms with van der Waals surface area (Å²) in [4.78, 5) is 12.9. The van der Waals surface area contributed by atoms with Crippen LogP contribution in [0.5, 0.6) is 0 Å². The molecule has 0 amide bonds. The van der Waals surface area contributed by atoms with E-state index in [0.29, 0.717) is 22.4 Å². The Kier molecular flexibility index (Phi) is 3.94. The zero-order valence-corrected chi connectivity index (χ0v) is 13.0. The molecule has 0 saturated heterocycles. The summed E-state index contributed by atoms with van der Waals surface area (Å²) in [5, 5.41) is 7.07. The third kappa shape index (κ3) is 2.67. The minimum atomic E-state index is 0.0600. The maximum Gasteiger partial charge on any atom is 0.180 e. The van der Waals surface area contributed by atoms with Crippen LogP contribution in [-0.4, -0.2) is 15.6 Å². The van der Waals surface area contributed by atoms with Crippen molar-refractivity contribution in [1.82, 2.24) is 9.78 Å². The highest BCUT2D eigenvalue weighted by Crippen LogP contribution is 2.30. The van der Waals surface area contributed by atoms with Gasteiger partial charge in [0.05, 0.1) is 28.1 Å². The lowest BCUT2D eigenvalue weighted by molar-refractivity contribution is 0.0995. The summed E-state index contributed by atoms with van der Waals surface area (Å²) in [5.74, 6) is 0.0600. The Morgan fingerprint density at radius 2 is 2.25 bits per heavy atom. The smallest absolute Gasteiger partial charge is 0.180 e. The van der Waals surface area contributed by atoms with E-state index in [1.165, 1.54) is 37.0 Å². The standard InChI is InChI=1S/C15H17ClN2OS/c1-10-9-20-15(14(10)16)13(19)8-11-6-7-18(17-11)12-4-2-3-5-12/h6-7,9,12H,2-5,8H2,1H3. The second-order valence-corrected chi connectivity index (χ2v) is 6.64. The van der Waals surface area contributed by atoms with Crippen molar-refractivity contribution in [2.45, 2.75) is 45.1 Å². The molecule has 5 heteroatoms. The summed E-state index contributed by atoms with van der Waals surface area (Å²) < 4.78 is 2.02. The first-order valence-corrected chi connectivity index (χ1v) is 8.21. The van der Waals surface area contributed by atoms with Crippen molar-refractivity contribution in [3.63, 3.8) is 0 Å². The lowest BCUT2D eigenvalue weighted by atomic mass is 10.2. The van der Waals surface area contributed by atoms with Crippen LogP contribution in [-0.2, 0) is 6.42 Å². The number of aromatic nitrogens is 2. The minimum Gasteiger partial charge on any atom is -0.293 e. The summed E-state index contributed by atoms with van der Waals surface area (Å²) in [6, 6.07) is 2.47. The van der Waals surface area contributed by atoms with E-state index in [-0.39, 0.29) is 5.78 Å². The second kappa shape index (κ2) is 5.70. The number of carbonyl (C=O) groups is 1. The van der Waals surface area contributed by atoms with Crippen molar-refractivity contribution in [1.29, 1.82) is 0 Å². The molecule has 0 aliphatic heterocycles. The molecule has 0 unspecified atom stereocenters. The van der Waals surface area contributed by atoms with Crippen LogP contribution in [0, 0.1) is 6.92 Å². The Balaban J connectivity index is 1.71. The van der Waals surface area contributed by atoms with Crippen LogP contribution in [0.2, 0.25) is 5.02 Å². The Morgan fingerprint density at radius 1 is 1.50 bits per heavy atom. The molecule has 20 heavy (non-hydrogen) atoms. The van der Waals surface area contributed by atoms with Gasteiger partial charge in [-0.1, -0.05) is 24.4 Å². The van der Waals surface area contributed by atoms with E-state index in [1.807, 2.05) is 29.2 Å². The molecule has 2 heterocycles. The van der Waals surface area contributed by atoms with Crippen LogP contribution in [0.3, 0.4) is 0 Å². The third-order valence-electron chi connectivity index (χ3n) is 3.86. The number of rotatable bonds is 4. The number of aryl methyl sites for hydroxylation is 1. The molecule has 0 atom stereocenters. The van der Waals surface area contributed by atoms with Gasteiger partial charge in [-0.25, -0.2) is 0 Å². The monoisotopic (exact) mass is 308 g/mol. The molecular weight excluding hydrogens is 292 g/mol. The van der Waals surface area contributed by atoms with Crippen LogP contribution in [0.15, 0.2) is 17.6 Å². The predicted molar refractivity (Wildman–Crippen MR) is 81.8 cm³/mol. The number of ketones is 1. The van der Waals surface area contributed by atoms with E-state index in [9.17, 15) is 4.79 Å².